The van der Waals surface area contributed by atoms with E-state index in [2.05, 4.69) is 22.6 Å². The third-order valence-electron chi connectivity index (χ3n) is 6.32. The van der Waals surface area contributed by atoms with E-state index in [0.717, 1.165) is 44.9 Å². The fourth-order valence-electron chi connectivity index (χ4n) is 5.66. The average Bonchev–Trinajstić information content (AvgIpc) is 2.45. The zero-order valence-corrected chi connectivity index (χ0v) is 15.7. The van der Waals surface area contributed by atoms with E-state index in [1.54, 1.807) is 0 Å². The molecule has 0 aromatic carbocycles. The first-order valence-electron chi connectivity index (χ1n) is 8.36. The van der Waals surface area contributed by atoms with Crippen molar-refractivity contribution >= 4 is 28.6 Å². The molecule has 0 heterocycles. The quantitative estimate of drug-likeness (QED) is 0.406. The number of hydrogen-bond donors (Lipinski definition) is 2. The molecule has 4 nitrogen and oxygen atoms in total. The number of alkyl halides is 1. The van der Waals surface area contributed by atoms with Crippen LogP contribution in [0.4, 0.5) is 0 Å². The van der Waals surface area contributed by atoms with E-state index in [1.807, 2.05) is 13.8 Å². The molecular formula is C17H27IO4. The maximum Gasteiger partial charge on any atom is 0.322 e. The largest absolute Gasteiger partial charge is 0.458 e. The second-order valence-corrected chi connectivity index (χ2v) is 10.8. The maximum atomic E-state index is 12.6. The highest BCUT2D eigenvalue weighted by Gasteiger charge is 2.65. The van der Waals surface area contributed by atoms with Gasteiger partial charge in [0.25, 0.3) is 0 Å². The minimum Gasteiger partial charge on any atom is -0.458 e. The smallest absolute Gasteiger partial charge is 0.322 e. The third-order valence-corrected chi connectivity index (χ3v) is 7.52. The Morgan fingerprint density at radius 3 is 2.18 bits per heavy atom. The zero-order chi connectivity index (χ0) is 16.2. The van der Waals surface area contributed by atoms with Gasteiger partial charge in [0.2, 0.25) is 0 Å². The summed E-state index contributed by atoms with van der Waals surface area (Å²) in [4.78, 5) is 12.6. The number of carbonyl (C=O) groups excluding carboxylic acids is 1. The summed E-state index contributed by atoms with van der Waals surface area (Å²) < 4.78 is 5.59. The number of hydrogen-bond acceptors (Lipinski definition) is 4. The van der Waals surface area contributed by atoms with Crippen molar-refractivity contribution in [3.05, 3.63) is 0 Å². The number of esters is 1. The number of aliphatic hydroxyl groups excluding tert-OH is 2. The molecule has 4 saturated carbocycles. The SMILES string of the molecule is CCC(C)(I)C(=O)OC12CC3CC(CO)(CC(CO)(C3)C1)C2. The van der Waals surface area contributed by atoms with Crippen molar-refractivity contribution < 1.29 is 19.7 Å². The van der Waals surface area contributed by atoms with Crippen LogP contribution in [-0.4, -0.2) is 38.4 Å². The van der Waals surface area contributed by atoms with Gasteiger partial charge >= 0.3 is 5.97 Å². The highest BCUT2D eigenvalue weighted by atomic mass is 127. The van der Waals surface area contributed by atoms with Crippen LogP contribution in [0.5, 0.6) is 0 Å². The van der Waals surface area contributed by atoms with E-state index in [9.17, 15) is 15.0 Å². The van der Waals surface area contributed by atoms with Crippen molar-refractivity contribution in [2.24, 2.45) is 16.7 Å². The molecule has 0 spiro atoms. The summed E-state index contributed by atoms with van der Waals surface area (Å²) in [6.07, 6.45) is 6.06. The van der Waals surface area contributed by atoms with Gasteiger partial charge in [-0.05, 0) is 68.6 Å². The van der Waals surface area contributed by atoms with Gasteiger partial charge in [0.15, 0.2) is 0 Å². The first-order valence-corrected chi connectivity index (χ1v) is 9.44. The molecule has 3 unspecified atom stereocenters. The van der Waals surface area contributed by atoms with Crippen LogP contribution in [0.2, 0.25) is 0 Å². The van der Waals surface area contributed by atoms with Gasteiger partial charge in [-0.25, -0.2) is 0 Å². The van der Waals surface area contributed by atoms with Crippen molar-refractivity contribution in [2.75, 3.05) is 13.2 Å². The molecule has 0 aliphatic heterocycles. The molecule has 4 aliphatic carbocycles. The van der Waals surface area contributed by atoms with Gasteiger partial charge in [-0.15, -0.1) is 0 Å². The van der Waals surface area contributed by atoms with Crippen LogP contribution in [0.1, 0.15) is 58.8 Å². The van der Waals surface area contributed by atoms with E-state index in [-0.39, 0.29) is 30.0 Å². The van der Waals surface area contributed by atoms with Gasteiger partial charge in [-0.1, -0.05) is 29.5 Å². The Morgan fingerprint density at radius 1 is 1.18 bits per heavy atom. The summed E-state index contributed by atoms with van der Waals surface area (Å²) in [7, 11) is 0. The minimum atomic E-state index is -0.500. The Morgan fingerprint density at radius 2 is 1.73 bits per heavy atom. The van der Waals surface area contributed by atoms with Gasteiger partial charge in [0.05, 0.1) is 0 Å². The van der Waals surface area contributed by atoms with Crippen LogP contribution >= 0.6 is 22.6 Å². The van der Waals surface area contributed by atoms with Crippen molar-refractivity contribution in [3.8, 4) is 0 Å². The molecule has 4 aliphatic rings. The number of aliphatic hydroxyl groups is 2. The molecule has 4 bridgehead atoms. The van der Waals surface area contributed by atoms with Crippen LogP contribution in [0.25, 0.3) is 0 Å². The highest BCUT2D eigenvalue weighted by Crippen LogP contribution is 2.67. The van der Waals surface area contributed by atoms with E-state index in [4.69, 9.17) is 4.74 Å². The lowest BCUT2D eigenvalue weighted by Crippen LogP contribution is -2.63. The highest BCUT2D eigenvalue weighted by molar-refractivity contribution is 14.1. The van der Waals surface area contributed by atoms with E-state index < -0.39 is 9.02 Å². The zero-order valence-electron chi connectivity index (χ0n) is 13.5. The van der Waals surface area contributed by atoms with Gasteiger partial charge in [-0.2, -0.15) is 0 Å². The average molecular weight is 422 g/mol. The van der Waals surface area contributed by atoms with Crippen LogP contribution in [-0.2, 0) is 9.53 Å². The summed E-state index contributed by atoms with van der Waals surface area (Å²) >= 11 is 2.18. The minimum absolute atomic E-state index is 0.139. The summed E-state index contributed by atoms with van der Waals surface area (Å²) in [5.41, 5.74) is -0.782. The van der Waals surface area contributed by atoms with E-state index >= 15 is 0 Å². The Kier molecular flexibility index (Phi) is 4.09. The molecule has 5 heteroatoms. The van der Waals surface area contributed by atoms with Crippen molar-refractivity contribution in [2.45, 2.75) is 67.8 Å². The maximum absolute atomic E-state index is 12.6. The molecular weight excluding hydrogens is 395 g/mol. The standard InChI is InChI=1S/C17H27IO4/c1-3-14(2,18)13(21)22-17-6-12-4-15(8-17,10-19)7-16(5-12,9-17)11-20/h12,19-20H,3-11H2,1-2H3. The van der Waals surface area contributed by atoms with E-state index in [1.165, 1.54) is 0 Å². The molecule has 4 rings (SSSR count). The monoisotopic (exact) mass is 422 g/mol. The number of halogens is 1. The normalized spacial score (nSPS) is 45.6. The van der Waals surface area contributed by atoms with Crippen molar-refractivity contribution in [3.63, 3.8) is 0 Å². The van der Waals surface area contributed by atoms with Gasteiger partial charge in [0, 0.05) is 13.2 Å². The fraction of sp³-hybridized carbons (Fsp3) is 0.941. The third kappa shape index (κ3) is 2.61. The predicted molar refractivity (Wildman–Crippen MR) is 91.8 cm³/mol. The molecule has 22 heavy (non-hydrogen) atoms. The Bertz CT molecular complexity index is 455. The van der Waals surface area contributed by atoms with Gasteiger partial charge < -0.3 is 14.9 Å². The first kappa shape index (κ1) is 17.0. The molecule has 3 atom stereocenters. The lowest BCUT2D eigenvalue weighted by Gasteiger charge is -2.65. The molecule has 0 radical (unpaired) electrons. The summed E-state index contributed by atoms with van der Waals surface area (Å²) in [5, 5.41) is 19.9. The lowest BCUT2D eigenvalue weighted by atomic mass is 9.43. The first-order chi connectivity index (χ1) is 10.2. The summed E-state index contributed by atoms with van der Waals surface area (Å²) in [6.45, 7) is 4.19. The number of rotatable bonds is 5. The van der Waals surface area contributed by atoms with Crippen LogP contribution < -0.4 is 0 Å². The van der Waals surface area contributed by atoms with Crippen LogP contribution in [0.3, 0.4) is 0 Å². The summed E-state index contributed by atoms with van der Waals surface area (Å²) in [6, 6.07) is 0. The topological polar surface area (TPSA) is 66.8 Å². The Hall–Kier alpha value is 0.120. The fourth-order valence-corrected chi connectivity index (χ4v) is 5.77. The second kappa shape index (κ2) is 5.31. The number of ether oxygens (including phenoxy) is 1. The van der Waals surface area contributed by atoms with Crippen LogP contribution in [0.15, 0.2) is 0 Å². The predicted octanol–water partition coefficient (Wildman–Crippen LogP) is 2.83. The molecule has 0 saturated heterocycles. The van der Waals surface area contributed by atoms with E-state index in [0.29, 0.717) is 5.92 Å². The lowest BCUT2D eigenvalue weighted by molar-refractivity contribution is -0.235. The van der Waals surface area contributed by atoms with Gasteiger partial charge in [-0.3, -0.25) is 4.79 Å². The Labute approximate surface area is 146 Å². The molecule has 0 amide bonds. The molecule has 2 N–H and O–H groups in total. The van der Waals surface area contributed by atoms with Gasteiger partial charge in [0.1, 0.15) is 9.02 Å². The Balaban J connectivity index is 1.89. The summed E-state index contributed by atoms with van der Waals surface area (Å²) in [5.74, 6) is 0.323. The van der Waals surface area contributed by atoms with Crippen molar-refractivity contribution in [1.29, 1.82) is 0 Å². The molecule has 126 valence electrons. The molecule has 0 aromatic rings. The number of carbonyl (C=O) groups is 1. The molecule has 4 fully saturated rings. The second-order valence-electron chi connectivity index (χ2n) is 8.45. The van der Waals surface area contributed by atoms with Crippen molar-refractivity contribution in [1.82, 2.24) is 0 Å². The molecule has 0 aromatic heterocycles. The van der Waals surface area contributed by atoms with Crippen LogP contribution in [0, 0.1) is 16.7 Å².